The van der Waals surface area contributed by atoms with E-state index in [1.165, 1.54) is 58.0 Å². The maximum absolute atomic E-state index is 11.9. The minimum atomic E-state index is 0.532. The molecule has 106 valence electrons. The van der Waals surface area contributed by atoms with Gasteiger partial charge in [0.25, 0.3) is 0 Å². The molecule has 4 heterocycles. The first kappa shape index (κ1) is 12.3. The molecule has 0 aliphatic carbocycles. The second kappa shape index (κ2) is 4.85. The maximum atomic E-state index is 11.9. The number of carbonyl (C=O) groups excluding carboxylic acids is 1. The molecule has 3 nitrogen and oxygen atoms in total. The standard InChI is InChI=1S/C16H26N2O/c19-16-10-13-3-1-4-14(11-16)18(13)15-6-8-17-7-2-5-12(17)9-15/h12-15H,1-11H2. The molecule has 4 aliphatic rings. The van der Waals surface area contributed by atoms with Gasteiger partial charge in [0.1, 0.15) is 5.78 Å². The van der Waals surface area contributed by atoms with Gasteiger partial charge < -0.3 is 4.90 Å². The number of hydrogen-bond acceptors (Lipinski definition) is 3. The van der Waals surface area contributed by atoms with E-state index < -0.39 is 0 Å². The largest absolute Gasteiger partial charge is 0.300 e. The van der Waals surface area contributed by atoms with E-state index in [0.29, 0.717) is 17.9 Å². The fourth-order valence-electron chi connectivity index (χ4n) is 5.28. The van der Waals surface area contributed by atoms with Gasteiger partial charge in [0.05, 0.1) is 0 Å². The van der Waals surface area contributed by atoms with Crippen LogP contribution in [0.4, 0.5) is 0 Å². The van der Waals surface area contributed by atoms with E-state index in [-0.39, 0.29) is 0 Å². The highest BCUT2D eigenvalue weighted by molar-refractivity contribution is 5.80. The van der Waals surface area contributed by atoms with Crippen LogP contribution in [0.3, 0.4) is 0 Å². The molecule has 4 atom stereocenters. The summed E-state index contributed by atoms with van der Waals surface area (Å²) < 4.78 is 0. The van der Waals surface area contributed by atoms with Crippen molar-refractivity contribution >= 4 is 5.78 Å². The Morgan fingerprint density at radius 1 is 0.789 bits per heavy atom. The lowest BCUT2D eigenvalue weighted by Gasteiger charge is -2.52. The molecule has 0 radical (unpaired) electrons. The molecule has 3 heteroatoms. The molecule has 4 aliphatic heterocycles. The summed E-state index contributed by atoms with van der Waals surface area (Å²) in [6.07, 6.45) is 11.1. The predicted molar refractivity (Wildman–Crippen MR) is 75.1 cm³/mol. The molecular formula is C16H26N2O. The monoisotopic (exact) mass is 262 g/mol. The molecule has 4 unspecified atom stereocenters. The van der Waals surface area contributed by atoms with Crippen LogP contribution in [0.5, 0.6) is 0 Å². The molecular weight excluding hydrogens is 236 g/mol. The third-order valence-corrected chi connectivity index (χ3v) is 6.06. The van der Waals surface area contributed by atoms with Crippen molar-refractivity contribution in [3.05, 3.63) is 0 Å². The highest BCUT2D eigenvalue weighted by Gasteiger charge is 2.43. The first-order valence-electron chi connectivity index (χ1n) is 8.34. The number of rotatable bonds is 1. The zero-order valence-corrected chi connectivity index (χ0v) is 11.9. The maximum Gasteiger partial charge on any atom is 0.136 e. The Hall–Kier alpha value is -0.410. The Morgan fingerprint density at radius 2 is 1.53 bits per heavy atom. The van der Waals surface area contributed by atoms with E-state index >= 15 is 0 Å². The van der Waals surface area contributed by atoms with Crippen molar-refractivity contribution in [1.82, 2.24) is 9.80 Å². The van der Waals surface area contributed by atoms with Gasteiger partial charge in [-0.15, -0.1) is 0 Å². The third kappa shape index (κ3) is 2.15. The molecule has 0 aromatic heterocycles. The Bertz CT molecular complexity index is 354. The number of ketones is 1. The summed E-state index contributed by atoms with van der Waals surface area (Å²) in [5.41, 5.74) is 0. The minimum absolute atomic E-state index is 0.532. The highest BCUT2D eigenvalue weighted by Crippen LogP contribution is 2.38. The van der Waals surface area contributed by atoms with E-state index in [2.05, 4.69) is 9.80 Å². The molecule has 0 saturated carbocycles. The predicted octanol–water partition coefficient (Wildman–Crippen LogP) is 2.20. The van der Waals surface area contributed by atoms with E-state index in [9.17, 15) is 4.79 Å². The lowest BCUT2D eigenvalue weighted by atomic mass is 9.80. The van der Waals surface area contributed by atoms with Gasteiger partial charge in [0.2, 0.25) is 0 Å². The van der Waals surface area contributed by atoms with E-state index in [1.54, 1.807) is 0 Å². The van der Waals surface area contributed by atoms with Crippen molar-refractivity contribution in [1.29, 1.82) is 0 Å². The van der Waals surface area contributed by atoms with Gasteiger partial charge in [-0.3, -0.25) is 9.69 Å². The van der Waals surface area contributed by atoms with Crippen molar-refractivity contribution in [2.45, 2.75) is 82.0 Å². The minimum Gasteiger partial charge on any atom is -0.300 e. The van der Waals surface area contributed by atoms with Crippen LogP contribution in [0.2, 0.25) is 0 Å². The fraction of sp³-hybridized carbons (Fsp3) is 0.938. The molecule has 0 aromatic carbocycles. The van der Waals surface area contributed by atoms with Crippen LogP contribution >= 0.6 is 0 Å². The number of hydrogen-bond donors (Lipinski definition) is 0. The van der Waals surface area contributed by atoms with Crippen molar-refractivity contribution in [2.24, 2.45) is 0 Å². The second-order valence-corrected chi connectivity index (χ2v) is 7.14. The Kier molecular flexibility index (Phi) is 3.15. The number of nitrogens with zero attached hydrogens (tertiary/aromatic N) is 2. The first-order chi connectivity index (χ1) is 9.31. The van der Waals surface area contributed by atoms with Crippen LogP contribution < -0.4 is 0 Å². The summed E-state index contributed by atoms with van der Waals surface area (Å²) in [5, 5.41) is 0. The quantitative estimate of drug-likeness (QED) is 0.724. The SMILES string of the molecule is O=C1CC2CCCC(C1)N2C1CCN2CCCC2C1. The van der Waals surface area contributed by atoms with E-state index in [4.69, 9.17) is 0 Å². The topological polar surface area (TPSA) is 23.6 Å². The van der Waals surface area contributed by atoms with Crippen LogP contribution in [-0.2, 0) is 4.79 Å². The summed E-state index contributed by atoms with van der Waals surface area (Å²) >= 11 is 0. The van der Waals surface area contributed by atoms with Crippen LogP contribution in [0.25, 0.3) is 0 Å². The lowest BCUT2D eigenvalue weighted by Crippen LogP contribution is -2.59. The van der Waals surface area contributed by atoms with Crippen LogP contribution in [-0.4, -0.2) is 52.8 Å². The molecule has 0 spiro atoms. The smallest absolute Gasteiger partial charge is 0.136 e. The van der Waals surface area contributed by atoms with Gasteiger partial charge in [0, 0.05) is 37.0 Å². The van der Waals surface area contributed by atoms with Crippen LogP contribution in [0.1, 0.15) is 57.8 Å². The van der Waals surface area contributed by atoms with Crippen LogP contribution in [0, 0.1) is 0 Å². The third-order valence-electron chi connectivity index (χ3n) is 6.06. The Labute approximate surface area is 116 Å². The molecule has 4 rings (SSSR count). The van der Waals surface area contributed by atoms with Crippen molar-refractivity contribution in [2.75, 3.05) is 13.1 Å². The number of piperidine rings is 3. The van der Waals surface area contributed by atoms with Crippen LogP contribution in [0.15, 0.2) is 0 Å². The van der Waals surface area contributed by atoms with Crippen molar-refractivity contribution in [3.8, 4) is 0 Å². The molecule has 0 N–H and O–H groups in total. The van der Waals surface area contributed by atoms with Crippen molar-refractivity contribution in [3.63, 3.8) is 0 Å². The Balaban J connectivity index is 1.50. The molecule has 0 aromatic rings. The number of fused-ring (bicyclic) bond motifs is 3. The van der Waals surface area contributed by atoms with Gasteiger partial charge in [-0.25, -0.2) is 0 Å². The van der Waals surface area contributed by atoms with Gasteiger partial charge in [-0.2, -0.15) is 0 Å². The zero-order valence-electron chi connectivity index (χ0n) is 11.9. The van der Waals surface area contributed by atoms with Gasteiger partial charge >= 0.3 is 0 Å². The molecule has 4 fully saturated rings. The normalized spacial score (nSPS) is 44.3. The average molecular weight is 262 g/mol. The second-order valence-electron chi connectivity index (χ2n) is 7.14. The summed E-state index contributed by atoms with van der Waals surface area (Å²) in [6, 6.07) is 2.83. The summed E-state index contributed by atoms with van der Waals surface area (Å²) in [4.78, 5) is 17.4. The molecule has 0 amide bonds. The first-order valence-corrected chi connectivity index (χ1v) is 8.34. The molecule has 2 bridgehead atoms. The summed E-state index contributed by atoms with van der Waals surface area (Å²) in [6.45, 7) is 2.64. The van der Waals surface area contributed by atoms with E-state index in [0.717, 1.165) is 24.9 Å². The highest BCUT2D eigenvalue weighted by atomic mass is 16.1. The summed E-state index contributed by atoms with van der Waals surface area (Å²) in [5.74, 6) is 0.532. The molecule has 19 heavy (non-hydrogen) atoms. The summed E-state index contributed by atoms with van der Waals surface area (Å²) in [7, 11) is 0. The number of Topliss-reactive ketones (excluding diaryl/α,β-unsaturated/α-hetero) is 1. The Morgan fingerprint density at radius 3 is 2.32 bits per heavy atom. The van der Waals surface area contributed by atoms with Crippen molar-refractivity contribution < 1.29 is 4.79 Å². The number of carbonyl (C=O) groups is 1. The molecule has 4 saturated heterocycles. The van der Waals surface area contributed by atoms with Gasteiger partial charge in [-0.1, -0.05) is 6.42 Å². The zero-order chi connectivity index (χ0) is 12.8. The average Bonchev–Trinajstić information content (AvgIpc) is 2.84. The van der Waals surface area contributed by atoms with E-state index in [1.807, 2.05) is 0 Å². The van der Waals surface area contributed by atoms with Gasteiger partial charge in [0.15, 0.2) is 0 Å². The fourth-order valence-corrected chi connectivity index (χ4v) is 5.28. The lowest BCUT2D eigenvalue weighted by molar-refractivity contribution is -0.130. The van der Waals surface area contributed by atoms with Gasteiger partial charge in [-0.05, 0) is 51.6 Å².